The Balaban J connectivity index is 2.27. The van der Waals surface area contributed by atoms with Crippen molar-refractivity contribution in [2.24, 2.45) is 5.10 Å². The molecule has 7 nitrogen and oxygen atoms in total. The van der Waals surface area contributed by atoms with Crippen LogP contribution in [0.4, 0.5) is 10.5 Å². The second-order valence-electron chi connectivity index (χ2n) is 6.50. The summed E-state index contributed by atoms with van der Waals surface area (Å²) < 4.78 is 10.9. The lowest BCUT2D eigenvalue weighted by molar-refractivity contribution is 0.184. The first-order chi connectivity index (χ1) is 13.4. The van der Waals surface area contributed by atoms with Crippen LogP contribution in [0.15, 0.2) is 35.4 Å². The molecule has 2 aromatic carbocycles. The SMILES string of the molecule is CNC(=O)N1N=C(c2ccc(N)c(Cl)c2)c2cc(OC)c(OC)cc2CC1C. The first-order valence-corrected chi connectivity index (χ1v) is 9.17. The van der Waals surface area contributed by atoms with Crippen LogP contribution in [0.5, 0.6) is 11.5 Å². The molecule has 1 unspecified atom stereocenters. The van der Waals surface area contributed by atoms with Crippen molar-refractivity contribution in [3.8, 4) is 11.5 Å². The van der Waals surface area contributed by atoms with Crippen LogP contribution < -0.4 is 20.5 Å². The molecule has 8 heteroatoms. The lowest BCUT2D eigenvalue weighted by atomic mass is 9.94. The van der Waals surface area contributed by atoms with E-state index >= 15 is 0 Å². The number of nitrogens with zero attached hydrogens (tertiary/aromatic N) is 2. The average Bonchev–Trinajstić information content (AvgIpc) is 2.84. The summed E-state index contributed by atoms with van der Waals surface area (Å²) in [6.07, 6.45) is 0.596. The van der Waals surface area contributed by atoms with E-state index in [1.165, 1.54) is 5.01 Å². The number of anilines is 1. The number of nitrogens with one attached hydrogen (secondary N) is 1. The van der Waals surface area contributed by atoms with E-state index in [-0.39, 0.29) is 12.1 Å². The van der Waals surface area contributed by atoms with Gasteiger partial charge in [0.15, 0.2) is 11.5 Å². The fraction of sp³-hybridized carbons (Fsp3) is 0.300. The number of benzene rings is 2. The Labute approximate surface area is 169 Å². The number of urea groups is 1. The maximum absolute atomic E-state index is 12.4. The van der Waals surface area contributed by atoms with Gasteiger partial charge < -0.3 is 20.5 Å². The van der Waals surface area contributed by atoms with Crippen molar-refractivity contribution in [3.05, 3.63) is 52.0 Å². The molecule has 1 aliphatic rings. The van der Waals surface area contributed by atoms with Crippen LogP contribution in [0.3, 0.4) is 0 Å². The highest BCUT2D eigenvalue weighted by atomic mass is 35.5. The smallest absolute Gasteiger partial charge is 0.337 e. The van der Waals surface area contributed by atoms with Crippen molar-refractivity contribution >= 4 is 29.0 Å². The molecule has 2 aromatic rings. The number of hydrazone groups is 1. The molecule has 0 saturated heterocycles. The van der Waals surface area contributed by atoms with E-state index in [4.69, 9.17) is 26.8 Å². The van der Waals surface area contributed by atoms with Crippen LogP contribution in [0.2, 0.25) is 5.02 Å². The molecule has 0 spiro atoms. The zero-order chi connectivity index (χ0) is 20.4. The van der Waals surface area contributed by atoms with Gasteiger partial charge in [0.1, 0.15) is 0 Å². The van der Waals surface area contributed by atoms with Crippen molar-refractivity contribution in [3.63, 3.8) is 0 Å². The third kappa shape index (κ3) is 3.57. The Morgan fingerprint density at radius 1 is 1.25 bits per heavy atom. The highest BCUT2D eigenvalue weighted by Gasteiger charge is 2.28. The summed E-state index contributed by atoms with van der Waals surface area (Å²) in [5.41, 5.74) is 9.52. The molecule has 1 atom stereocenters. The van der Waals surface area contributed by atoms with E-state index in [0.29, 0.717) is 34.3 Å². The number of nitrogen functional groups attached to an aromatic ring is 1. The van der Waals surface area contributed by atoms with Crippen LogP contribution in [0.25, 0.3) is 0 Å². The van der Waals surface area contributed by atoms with Gasteiger partial charge in [0.25, 0.3) is 0 Å². The minimum atomic E-state index is -0.293. The van der Waals surface area contributed by atoms with E-state index in [9.17, 15) is 4.79 Å². The Bertz CT molecular complexity index is 945. The molecule has 0 saturated carbocycles. The Morgan fingerprint density at radius 2 is 1.93 bits per heavy atom. The third-order valence-corrected chi connectivity index (χ3v) is 5.03. The molecular weight excluding hydrogens is 380 g/mol. The first-order valence-electron chi connectivity index (χ1n) is 8.79. The Kier molecular flexibility index (Phi) is 5.65. The average molecular weight is 403 g/mol. The number of ether oxygens (including phenoxy) is 2. The number of carbonyl (C=O) groups is 1. The summed E-state index contributed by atoms with van der Waals surface area (Å²) >= 11 is 6.24. The fourth-order valence-electron chi connectivity index (χ4n) is 3.22. The number of hydrogen-bond acceptors (Lipinski definition) is 5. The molecular formula is C20H23ClN4O3. The van der Waals surface area contributed by atoms with Crippen molar-refractivity contribution < 1.29 is 14.3 Å². The van der Waals surface area contributed by atoms with E-state index in [1.54, 1.807) is 33.4 Å². The van der Waals surface area contributed by atoms with E-state index in [2.05, 4.69) is 10.4 Å². The van der Waals surface area contributed by atoms with Gasteiger partial charge in [0.05, 0.1) is 36.7 Å². The summed E-state index contributed by atoms with van der Waals surface area (Å²) in [5, 5.41) is 9.19. The number of halogens is 1. The van der Waals surface area contributed by atoms with Crippen LogP contribution in [0.1, 0.15) is 23.6 Å². The number of methoxy groups -OCH3 is 2. The van der Waals surface area contributed by atoms with Crippen molar-refractivity contribution in [2.75, 3.05) is 27.0 Å². The van der Waals surface area contributed by atoms with Gasteiger partial charge in [-0.15, -0.1) is 0 Å². The third-order valence-electron chi connectivity index (χ3n) is 4.70. The fourth-order valence-corrected chi connectivity index (χ4v) is 3.40. The number of nitrogens with two attached hydrogens (primary N) is 1. The van der Waals surface area contributed by atoms with Gasteiger partial charge in [-0.05, 0) is 43.2 Å². The van der Waals surface area contributed by atoms with Gasteiger partial charge >= 0.3 is 6.03 Å². The highest BCUT2D eigenvalue weighted by Crippen LogP contribution is 2.35. The Hall–Kier alpha value is -2.93. The quantitative estimate of drug-likeness (QED) is 0.771. The molecule has 0 aromatic heterocycles. The van der Waals surface area contributed by atoms with E-state index in [1.807, 2.05) is 25.1 Å². The number of carbonyl (C=O) groups excluding carboxylic acids is 1. The number of rotatable bonds is 3. The van der Waals surface area contributed by atoms with Crippen molar-refractivity contribution in [1.29, 1.82) is 0 Å². The normalized spacial score (nSPS) is 16.0. The summed E-state index contributed by atoms with van der Waals surface area (Å²) in [6, 6.07) is 8.63. The maximum atomic E-state index is 12.4. The molecule has 3 rings (SSSR count). The summed E-state index contributed by atoms with van der Waals surface area (Å²) in [4.78, 5) is 12.4. The molecule has 148 valence electrons. The minimum Gasteiger partial charge on any atom is -0.493 e. The molecule has 0 bridgehead atoms. The predicted octanol–water partition coefficient (Wildman–Crippen LogP) is 3.28. The second kappa shape index (κ2) is 7.98. The molecule has 1 aliphatic heterocycles. The van der Waals surface area contributed by atoms with Crippen LogP contribution >= 0.6 is 11.6 Å². The number of fused-ring (bicyclic) bond motifs is 1. The molecule has 28 heavy (non-hydrogen) atoms. The largest absolute Gasteiger partial charge is 0.493 e. The first kappa shape index (κ1) is 19.8. The van der Waals surface area contributed by atoms with Gasteiger partial charge in [-0.25, -0.2) is 9.80 Å². The minimum absolute atomic E-state index is 0.168. The van der Waals surface area contributed by atoms with Crippen LogP contribution in [-0.2, 0) is 6.42 Å². The number of hydrogen-bond donors (Lipinski definition) is 2. The maximum Gasteiger partial charge on any atom is 0.337 e. The molecule has 2 amide bonds. The van der Waals surface area contributed by atoms with Gasteiger partial charge in [-0.1, -0.05) is 17.7 Å². The standard InChI is InChI=1S/C20H23ClN4O3/c1-11-7-13-9-17(27-3)18(28-4)10-14(13)19(24-25(11)20(26)23-2)12-5-6-16(22)15(21)8-12/h5-6,8-11H,7,22H2,1-4H3,(H,23,26). The molecule has 0 aliphatic carbocycles. The molecule has 3 N–H and O–H groups in total. The van der Waals surface area contributed by atoms with Gasteiger partial charge in [-0.2, -0.15) is 5.10 Å². The second-order valence-corrected chi connectivity index (χ2v) is 6.91. The van der Waals surface area contributed by atoms with Crippen LogP contribution in [-0.4, -0.2) is 44.1 Å². The van der Waals surface area contributed by atoms with Crippen molar-refractivity contribution in [1.82, 2.24) is 10.3 Å². The Morgan fingerprint density at radius 3 is 2.54 bits per heavy atom. The summed E-state index contributed by atoms with van der Waals surface area (Å²) in [7, 11) is 4.75. The monoisotopic (exact) mass is 402 g/mol. The lowest BCUT2D eigenvalue weighted by Crippen LogP contribution is -2.41. The summed E-state index contributed by atoms with van der Waals surface area (Å²) in [6.45, 7) is 1.94. The topological polar surface area (TPSA) is 89.2 Å². The molecule has 0 radical (unpaired) electrons. The molecule has 1 heterocycles. The van der Waals surface area contributed by atoms with Crippen LogP contribution in [0, 0.1) is 0 Å². The molecule has 0 fully saturated rings. The van der Waals surface area contributed by atoms with Gasteiger partial charge in [0.2, 0.25) is 0 Å². The highest BCUT2D eigenvalue weighted by molar-refractivity contribution is 6.33. The lowest BCUT2D eigenvalue weighted by Gasteiger charge is -2.22. The van der Waals surface area contributed by atoms with E-state index < -0.39 is 0 Å². The number of amides is 2. The zero-order valence-corrected chi connectivity index (χ0v) is 17.0. The predicted molar refractivity (Wildman–Crippen MR) is 111 cm³/mol. The zero-order valence-electron chi connectivity index (χ0n) is 16.2. The van der Waals surface area contributed by atoms with Gasteiger partial charge in [0, 0.05) is 18.2 Å². The summed E-state index contributed by atoms with van der Waals surface area (Å²) in [5.74, 6) is 1.20. The van der Waals surface area contributed by atoms with E-state index in [0.717, 1.165) is 16.7 Å². The van der Waals surface area contributed by atoms with Crippen molar-refractivity contribution in [2.45, 2.75) is 19.4 Å². The van der Waals surface area contributed by atoms with Gasteiger partial charge in [-0.3, -0.25) is 0 Å².